The Morgan fingerprint density at radius 3 is 2.29 bits per heavy atom. The van der Waals surface area contributed by atoms with Crippen LogP contribution in [0.4, 0.5) is 0 Å². The van der Waals surface area contributed by atoms with Crippen molar-refractivity contribution in [2.24, 2.45) is 5.73 Å². The number of hydrogen-bond donors (Lipinski definition) is 1. The fraction of sp³-hybridized carbons (Fsp3) is 0.667. The molecule has 0 spiro atoms. The highest BCUT2D eigenvalue weighted by atomic mass is 16.5. The van der Waals surface area contributed by atoms with E-state index in [0.717, 1.165) is 25.0 Å². The molecule has 2 atom stereocenters. The second-order valence-corrected chi connectivity index (χ2v) is 6.19. The fourth-order valence-electron chi connectivity index (χ4n) is 3.82. The summed E-state index contributed by atoms with van der Waals surface area (Å²) in [7, 11) is 1.70. The molecule has 1 aliphatic heterocycles. The first-order valence-electron chi connectivity index (χ1n) is 8.33. The molecule has 3 nitrogen and oxygen atoms in total. The number of rotatable bonds is 7. The number of ether oxygens (including phenoxy) is 1. The van der Waals surface area contributed by atoms with Crippen molar-refractivity contribution >= 4 is 0 Å². The monoisotopic (exact) mass is 290 g/mol. The predicted molar refractivity (Wildman–Crippen MR) is 88.7 cm³/mol. The van der Waals surface area contributed by atoms with Gasteiger partial charge in [0.05, 0.1) is 12.6 Å². The first-order valence-corrected chi connectivity index (χ1v) is 8.33. The Balaban J connectivity index is 2.31. The third kappa shape index (κ3) is 3.41. The molecule has 2 N–H and O–H groups in total. The van der Waals surface area contributed by atoms with Gasteiger partial charge in [0.25, 0.3) is 0 Å². The van der Waals surface area contributed by atoms with Gasteiger partial charge in [0.15, 0.2) is 0 Å². The third-order valence-electron chi connectivity index (χ3n) is 4.85. The molecule has 1 saturated heterocycles. The molecule has 21 heavy (non-hydrogen) atoms. The van der Waals surface area contributed by atoms with Gasteiger partial charge in [-0.3, -0.25) is 4.90 Å². The summed E-state index contributed by atoms with van der Waals surface area (Å²) in [6.07, 6.45) is 5.84. The molecule has 1 aromatic carbocycles. The molecule has 0 amide bonds. The summed E-state index contributed by atoms with van der Waals surface area (Å²) in [5.41, 5.74) is 7.95. The van der Waals surface area contributed by atoms with Crippen molar-refractivity contribution in [2.75, 3.05) is 20.2 Å². The molecule has 2 rings (SSSR count). The van der Waals surface area contributed by atoms with Gasteiger partial charge in [-0.25, -0.2) is 0 Å². The van der Waals surface area contributed by atoms with E-state index in [9.17, 15) is 0 Å². The SMILES string of the molecule is CCCC(N)(c1ccc(OC)cc1)C(CC)N1CCCC1. The topological polar surface area (TPSA) is 38.5 Å². The van der Waals surface area contributed by atoms with E-state index in [0.29, 0.717) is 6.04 Å². The zero-order valence-electron chi connectivity index (χ0n) is 13.8. The number of benzene rings is 1. The molecule has 0 aromatic heterocycles. The van der Waals surface area contributed by atoms with Crippen LogP contribution in [-0.2, 0) is 5.54 Å². The fourth-order valence-corrected chi connectivity index (χ4v) is 3.82. The summed E-state index contributed by atoms with van der Waals surface area (Å²) in [6.45, 7) is 6.88. The van der Waals surface area contributed by atoms with Gasteiger partial charge in [0.1, 0.15) is 5.75 Å². The summed E-state index contributed by atoms with van der Waals surface area (Å²) in [5.74, 6) is 0.895. The van der Waals surface area contributed by atoms with Crippen LogP contribution in [-0.4, -0.2) is 31.1 Å². The van der Waals surface area contributed by atoms with Crippen LogP contribution in [0.25, 0.3) is 0 Å². The van der Waals surface area contributed by atoms with Crippen molar-refractivity contribution in [3.05, 3.63) is 29.8 Å². The Bertz CT molecular complexity index is 425. The minimum Gasteiger partial charge on any atom is -0.497 e. The zero-order valence-corrected chi connectivity index (χ0v) is 13.8. The summed E-state index contributed by atoms with van der Waals surface area (Å²) in [6, 6.07) is 8.78. The van der Waals surface area contributed by atoms with Gasteiger partial charge in [0, 0.05) is 6.04 Å². The van der Waals surface area contributed by atoms with Crippen LogP contribution in [0.1, 0.15) is 51.5 Å². The van der Waals surface area contributed by atoms with Crippen molar-refractivity contribution < 1.29 is 4.74 Å². The quantitative estimate of drug-likeness (QED) is 0.835. The van der Waals surface area contributed by atoms with Gasteiger partial charge in [-0.2, -0.15) is 0 Å². The molecular weight excluding hydrogens is 260 g/mol. The average Bonchev–Trinajstić information content (AvgIpc) is 3.02. The highest BCUT2D eigenvalue weighted by Crippen LogP contribution is 2.34. The van der Waals surface area contributed by atoms with E-state index in [-0.39, 0.29) is 5.54 Å². The van der Waals surface area contributed by atoms with Crippen molar-refractivity contribution in [1.29, 1.82) is 0 Å². The van der Waals surface area contributed by atoms with E-state index < -0.39 is 0 Å². The summed E-state index contributed by atoms with van der Waals surface area (Å²) in [5, 5.41) is 0. The lowest BCUT2D eigenvalue weighted by Gasteiger charge is -2.43. The van der Waals surface area contributed by atoms with E-state index in [4.69, 9.17) is 10.5 Å². The lowest BCUT2D eigenvalue weighted by molar-refractivity contribution is 0.131. The zero-order chi connectivity index (χ0) is 15.3. The maximum atomic E-state index is 6.97. The maximum Gasteiger partial charge on any atom is 0.118 e. The Morgan fingerprint density at radius 1 is 1.19 bits per heavy atom. The number of likely N-dealkylation sites (tertiary alicyclic amines) is 1. The van der Waals surface area contributed by atoms with Gasteiger partial charge in [-0.15, -0.1) is 0 Å². The van der Waals surface area contributed by atoms with Gasteiger partial charge in [-0.1, -0.05) is 32.4 Å². The summed E-state index contributed by atoms with van der Waals surface area (Å²) >= 11 is 0. The lowest BCUT2D eigenvalue weighted by Crippen LogP contribution is -2.55. The maximum absolute atomic E-state index is 6.97. The molecule has 1 aliphatic rings. The number of hydrogen-bond acceptors (Lipinski definition) is 3. The molecule has 1 heterocycles. The number of nitrogens with two attached hydrogens (primary N) is 1. The average molecular weight is 290 g/mol. The largest absolute Gasteiger partial charge is 0.497 e. The molecule has 118 valence electrons. The van der Waals surface area contributed by atoms with E-state index in [1.165, 1.54) is 31.5 Å². The molecule has 1 aromatic rings. The summed E-state index contributed by atoms with van der Waals surface area (Å²) in [4.78, 5) is 2.60. The Labute approximate surface area is 129 Å². The van der Waals surface area contributed by atoms with Gasteiger partial charge < -0.3 is 10.5 Å². The van der Waals surface area contributed by atoms with Crippen LogP contribution in [0.5, 0.6) is 5.75 Å². The smallest absolute Gasteiger partial charge is 0.118 e. The Morgan fingerprint density at radius 2 is 1.81 bits per heavy atom. The third-order valence-corrected chi connectivity index (χ3v) is 4.85. The van der Waals surface area contributed by atoms with Crippen LogP contribution in [0.2, 0.25) is 0 Å². The molecule has 0 radical (unpaired) electrons. The number of nitrogens with zero attached hydrogens (tertiary/aromatic N) is 1. The second kappa shape index (κ2) is 7.28. The van der Waals surface area contributed by atoms with Crippen LogP contribution < -0.4 is 10.5 Å². The van der Waals surface area contributed by atoms with E-state index in [1.54, 1.807) is 7.11 Å². The van der Waals surface area contributed by atoms with Gasteiger partial charge in [0.2, 0.25) is 0 Å². The van der Waals surface area contributed by atoms with Crippen LogP contribution >= 0.6 is 0 Å². The van der Waals surface area contributed by atoms with Crippen LogP contribution in [0.15, 0.2) is 24.3 Å². The normalized spacial score (nSPS) is 20.2. The lowest BCUT2D eigenvalue weighted by atomic mass is 9.78. The Kier molecular flexibility index (Phi) is 5.65. The van der Waals surface area contributed by atoms with Crippen LogP contribution in [0, 0.1) is 0 Å². The highest BCUT2D eigenvalue weighted by Gasteiger charge is 2.39. The molecule has 2 unspecified atom stereocenters. The second-order valence-electron chi connectivity index (χ2n) is 6.19. The number of methoxy groups -OCH3 is 1. The van der Waals surface area contributed by atoms with Crippen LogP contribution in [0.3, 0.4) is 0 Å². The standard InChI is InChI=1S/C18H30N2O/c1-4-12-18(19,15-8-10-16(21-3)11-9-15)17(5-2)20-13-6-7-14-20/h8-11,17H,4-7,12-14,19H2,1-3H3. The molecule has 1 fully saturated rings. The van der Waals surface area contributed by atoms with Crippen molar-refractivity contribution in [3.63, 3.8) is 0 Å². The van der Waals surface area contributed by atoms with Crippen molar-refractivity contribution in [1.82, 2.24) is 4.90 Å². The predicted octanol–water partition coefficient (Wildman–Crippen LogP) is 3.52. The van der Waals surface area contributed by atoms with E-state index in [1.807, 2.05) is 12.1 Å². The molecule has 0 saturated carbocycles. The van der Waals surface area contributed by atoms with E-state index >= 15 is 0 Å². The minimum absolute atomic E-state index is 0.264. The molecular formula is C18H30N2O. The van der Waals surface area contributed by atoms with Gasteiger partial charge >= 0.3 is 0 Å². The Hall–Kier alpha value is -1.06. The highest BCUT2D eigenvalue weighted by molar-refractivity contribution is 5.33. The van der Waals surface area contributed by atoms with E-state index in [2.05, 4.69) is 30.9 Å². The first kappa shape index (κ1) is 16.3. The first-order chi connectivity index (χ1) is 10.2. The summed E-state index contributed by atoms with van der Waals surface area (Å²) < 4.78 is 5.28. The molecule has 0 bridgehead atoms. The molecule has 0 aliphatic carbocycles. The minimum atomic E-state index is -0.264. The van der Waals surface area contributed by atoms with Crippen molar-refractivity contribution in [2.45, 2.75) is 57.5 Å². The van der Waals surface area contributed by atoms with Gasteiger partial charge in [-0.05, 0) is 56.5 Å². The molecule has 3 heteroatoms. The van der Waals surface area contributed by atoms with Crippen molar-refractivity contribution in [3.8, 4) is 5.75 Å².